The molecule has 2 aromatic carbocycles. The molecule has 0 radical (unpaired) electrons. The molecule has 0 heterocycles. The predicted molar refractivity (Wildman–Crippen MR) is 78.9 cm³/mol. The van der Waals surface area contributed by atoms with Crippen molar-refractivity contribution < 1.29 is 18.7 Å². The summed E-state index contributed by atoms with van der Waals surface area (Å²) in [4.78, 5) is 12.3. The molecule has 0 aromatic heterocycles. The molecule has 2 rings (SSSR count). The van der Waals surface area contributed by atoms with E-state index in [2.05, 4.69) is 5.32 Å². The van der Waals surface area contributed by atoms with Gasteiger partial charge in [-0.1, -0.05) is 17.7 Å². The standard InChI is InChI=1S/C15H13ClFNO3/c1-20-13-5-3-4-10(14(13)21-2)15(19)18-12-8-9(16)6-7-11(12)17/h3-8H,1-2H3,(H,18,19). The Bertz CT molecular complexity index is 676. The maximum absolute atomic E-state index is 13.6. The van der Waals surface area contributed by atoms with Crippen LogP contribution in [0.3, 0.4) is 0 Å². The Labute approximate surface area is 126 Å². The van der Waals surface area contributed by atoms with Gasteiger partial charge in [0.15, 0.2) is 11.5 Å². The lowest BCUT2D eigenvalue weighted by atomic mass is 10.1. The summed E-state index contributed by atoms with van der Waals surface area (Å²) in [6.45, 7) is 0. The Morgan fingerprint density at radius 2 is 1.95 bits per heavy atom. The normalized spacial score (nSPS) is 10.1. The van der Waals surface area contributed by atoms with Crippen molar-refractivity contribution in [3.8, 4) is 11.5 Å². The Morgan fingerprint density at radius 1 is 1.19 bits per heavy atom. The molecule has 0 fully saturated rings. The lowest BCUT2D eigenvalue weighted by Crippen LogP contribution is -2.14. The number of hydrogen-bond acceptors (Lipinski definition) is 3. The molecule has 4 nitrogen and oxygen atoms in total. The van der Waals surface area contributed by atoms with Crippen LogP contribution in [-0.4, -0.2) is 20.1 Å². The zero-order valence-corrected chi connectivity index (χ0v) is 12.2. The van der Waals surface area contributed by atoms with Gasteiger partial charge in [-0.05, 0) is 30.3 Å². The summed E-state index contributed by atoms with van der Waals surface area (Å²) < 4.78 is 23.9. The molecular formula is C15H13ClFNO3. The summed E-state index contributed by atoms with van der Waals surface area (Å²) >= 11 is 5.79. The molecule has 110 valence electrons. The number of rotatable bonds is 4. The zero-order chi connectivity index (χ0) is 15.4. The number of nitrogens with one attached hydrogen (secondary N) is 1. The highest BCUT2D eigenvalue weighted by molar-refractivity contribution is 6.31. The van der Waals surface area contributed by atoms with Crippen LogP contribution in [0, 0.1) is 5.82 Å². The van der Waals surface area contributed by atoms with E-state index in [0.717, 1.165) is 0 Å². The largest absolute Gasteiger partial charge is 0.493 e. The second kappa shape index (κ2) is 6.45. The van der Waals surface area contributed by atoms with Gasteiger partial charge in [0.2, 0.25) is 0 Å². The van der Waals surface area contributed by atoms with Gasteiger partial charge >= 0.3 is 0 Å². The quantitative estimate of drug-likeness (QED) is 0.935. The molecule has 1 N–H and O–H groups in total. The highest BCUT2D eigenvalue weighted by atomic mass is 35.5. The van der Waals surface area contributed by atoms with E-state index in [0.29, 0.717) is 10.8 Å². The number of halogens is 2. The summed E-state index contributed by atoms with van der Waals surface area (Å²) in [5, 5.41) is 2.78. The summed E-state index contributed by atoms with van der Waals surface area (Å²) in [6.07, 6.45) is 0. The van der Waals surface area contributed by atoms with Crippen molar-refractivity contribution >= 4 is 23.2 Å². The number of carbonyl (C=O) groups is 1. The van der Waals surface area contributed by atoms with Crippen molar-refractivity contribution in [1.82, 2.24) is 0 Å². The third-order valence-electron chi connectivity index (χ3n) is 2.82. The van der Waals surface area contributed by atoms with E-state index in [1.54, 1.807) is 18.2 Å². The van der Waals surface area contributed by atoms with Gasteiger partial charge in [-0.25, -0.2) is 4.39 Å². The second-order valence-corrected chi connectivity index (χ2v) is 4.56. The molecule has 6 heteroatoms. The summed E-state index contributed by atoms with van der Waals surface area (Å²) in [6, 6.07) is 8.78. The number of amides is 1. The molecule has 0 spiro atoms. The van der Waals surface area contributed by atoms with Crippen LogP contribution in [0.15, 0.2) is 36.4 Å². The Hall–Kier alpha value is -2.27. The number of carbonyl (C=O) groups excluding carboxylic acids is 1. The van der Waals surface area contributed by atoms with Crippen molar-refractivity contribution in [2.75, 3.05) is 19.5 Å². The van der Waals surface area contributed by atoms with Crippen molar-refractivity contribution in [3.05, 3.63) is 52.8 Å². The highest BCUT2D eigenvalue weighted by Crippen LogP contribution is 2.31. The van der Waals surface area contributed by atoms with Gasteiger partial charge in [0, 0.05) is 5.02 Å². The molecule has 0 aliphatic heterocycles. The van der Waals surface area contributed by atoms with E-state index in [-0.39, 0.29) is 17.0 Å². The van der Waals surface area contributed by atoms with Gasteiger partial charge in [-0.3, -0.25) is 4.79 Å². The SMILES string of the molecule is COc1cccc(C(=O)Nc2cc(Cl)ccc2F)c1OC. The van der Waals surface area contributed by atoms with E-state index >= 15 is 0 Å². The summed E-state index contributed by atoms with van der Waals surface area (Å²) in [7, 11) is 2.89. The molecule has 21 heavy (non-hydrogen) atoms. The van der Waals surface area contributed by atoms with Crippen LogP contribution in [0.2, 0.25) is 5.02 Å². The number of anilines is 1. The average Bonchev–Trinajstić information content (AvgIpc) is 2.49. The monoisotopic (exact) mass is 309 g/mol. The molecule has 0 bridgehead atoms. The summed E-state index contributed by atoms with van der Waals surface area (Å²) in [5.74, 6) is -0.404. The first kappa shape index (κ1) is 15.1. The zero-order valence-electron chi connectivity index (χ0n) is 11.4. The molecule has 0 saturated carbocycles. The molecule has 0 aliphatic rings. The van der Waals surface area contributed by atoms with E-state index in [9.17, 15) is 9.18 Å². The lowest BCUT2D eigenvalue weighted by Gasteiger charge is -2.13. The predicted octanol–water partition coefficient (Wildman–Crippen LogP) is 3.75. The molecular weight excluding hydrogens is 297 g/mol. The molecule has 1 amide bonds. The van der Waals surface area contributed by atoms with Gasteiger partial charge in [0.1, 0.15) is 5.82 Å². The van der Waals surface area contributed by atoms with Crippen LogP contribution in [0.1, 0.15) is 10.4 Å². The van der Waals surface area contributed by atoms with Crippen LogP contribution < -0.4 is 14.8 Å². The number of hydrogen-bond donors (Lipinski definition) is 1. The first-order chi connectivity index (χ1) is 10.1. The van der Waals surface area contributed by atoms with Gasteiger partial charge in [-0.2, -0.15) is 0 Å². The van der Waals surface area contributed by atoms with Crippen LogP contribution in [-0.2, 0) is 0 Å². The lowest BCUT2D eigenvalue weighted by molar-refractivity contribution is 0.102. The smallest absolute Gasteiger partial charge is 0.259 e. The fourth-order valence-corrected chi connectivity index (χ4v) is 2.02. The third-order valence-corrected chi connectivity index (χ3v) is 3.06. The van der Waals surface area contributed by atoms with E-state index < -0.39 is 11.7 Å². The van der Waals surface area contributed by atoms with Gasteiger partial charge in [-0.15, -0.1) is 0 Å². The molecule has 0 unspecified atom stereocenters. The van der Waals surface area contributed by atoms with Crippen LogP contribution in [0.4, 0.5) is 10.1 Å². The van der Waals surface area contributed by atoms with Gasteiger partial charge in [0.05, 0.1) is 25.5 Å². The molecule has 0 atom stereocenters. The van der Waals surface area contributed by atoms with Crippen molar-refractivity contribution in [2.24, 2.45) is 0 Å². The van der Waals surface area contributed by atoms with Crippen molar-refractivity contribution in [1.29, 1.82) is 0 Å². The third kappa shape index (κ3) is 3.25. The maximum Gasteiger partial charge on any atom is 0.259 e. The number of ether oxygens (including phenoxy) is 2. The topological polar surface area (TPSA) is 47.6 Å². The van der Waals surface area contributed by atoms with Crippen LogP contribution >= 0.6 is 11.6 Å². The van der Waals surface area contributed by atoms with E-state index in [1.165, 1.54) is 32.4 Å². The number of methoxy groups -OCH3 is 2. The minimum atomic E-state index is -0.574. The first-order valence-electron chi connectivity index (χ1n) is 6.04. The minimum absolute atomic E-state index is 0.00243. The maximum atomic E-state index is 13.6. The Kier molecular flexibility index (Phi) is 4.65. The van der Waals surface area contributed by atoms with Gasteiger partial charge < -0.3 is 14.8 Å². The first-order valence-corrected chi connectivity index (χ1v) is 6.42. The van der Waals surface area contributed by atoms with Gasteiger partial charge in [0.25, 0.3) is 5.91 Å². The molecule has 0 aliphatic carbocycles. The van der Waals surface area contributed by atoms with Crippen molar-refractivity contribution in [2.45, 2.75) is 0 Å². The molecule has 0 saturated heterocycles. The number of benzene rings is 2. The fourth-order valence-electron chi connectivity index (χ4n) is 1.85. The minimum Gasteiger partial charge on any atom is -0.493 e. The molecule has 2 aromatic rings. The highest BCUT2D eigenvalue weighted by Gasteiger charge is 2.17. The van der Waals surface area contributed by atoms with Crippen molar-refractivity contribution in [3.63, 3.8) is 0 Å². The average molecular weight is 310 g/mol. The Balaban J connectivity index is 2.35. The fraction of sp³-hybridized carbons (Fsp3) is 0.133. The Morgan fingerprint density at radius 3 is 2.62 bits per heavy atom. The van der Waals surface area contributed by atoms with E-state index in [1.807, 2.05) is 0 Å². The number of para-hydroxylation sites is 1. The van der Waals surface area contributed by atoms with Crippen LogP contribution in [0.5, 0.6) is 11.5 Å². The van der Waals surface area contributed by atoms with Crippen LogP contribution in [0.25, 0.3) is 0 Å². The summed E-state index contributed by atoms with van der Waals surface area (Å²) in [5.41, 5.74) is 0.230. The second-order valence-electron chi connectivity index (χ2n) is 4.12. The van der Waals surface area contributed by atoms with E-state index in [4.69, 9.17) is 21.1 Å².